The molecule has 158 valence electrons. The van der Waals surface area contributed by atoms with Gasteiger partial charge in [0.1, 0.15) is 5.82 Å². The van der Waals surface area contributed by atoms with Crippen LogP contribution in [0.25, 0.3) is 0 Å². The zero-order valence-electron chi connectivity index (χ0n) is 17.2. The molecule has 2 amide bonds. The highest BCUT2D eigenvalue weighted by Crippen LogP contribution is 2.30. The first kappa shape index (κ1) is 20.1. The van der Waals surface area contributed by atoms with Crippen molar-refractivity contribution in [2.24, 2.45) is 11.8 Å². The fourth-order valence-electron chi connectivity index (χ4n) is 4.30. The Labute approximate surface area is 172 Å². The smallest absolute Gasteiger partial charge is 0.252 e. The molecule has 8 heteroatoms. The quantitative estimate of drug-likeness (QED) is 0.774. The number of fused-ring (bicyclic) bond motifs is 1. The predicted octanol–water partition coefficient (Wildman–Crippen LogP) is 1.34. The number of nitrogens with zero attached hydrogens (tertiary/aromatic N) is 3. The number of anilines is 2. The number of aromatic nitrogens is 1. The van der Waals surface area contributed by atoms with E-state index in [1.807, 2.05) is 0 Å². The number of hydrogen-bond acceptors (Lipinski definition) is 6. The van der Waals surface area contributed by atoms with Crippen LogP contribution in [-0.2, 0) is 9.53 Å². The second kappa shape index (κ2) is 9.09. The lowest BCUT2D eigenvalue weighted by Gasteiger charge is -2.34. The number of pyridine rings is 1. The zero-order valence-corrected chi connectivity index (χ0v) is 17.2. The van der Waals surface area contributed by atoms with Gasteiger partial charge in [-0.2, -0.15) is 0 Å². The van der Waals surface area contributed by atoms with Crippen LogP contribution in [0.15, 0.2) is 12.3 Å². The second-order valence-electron chi connectivity index (χ2n) is 8.46. The minimum absolute atomic E-state index is 0.0228. The van der Waals surface area contributed by atoms with Gasteiger partial charge in [-0.05, 0) is 63.7 Å². The molecule has 1 aromatic heterocycles. The molecule has 0 saturated carbocycles. The van der Waals surface area contributed by atoms with Crippen LogP contribution in [0.1, 0.15) is 36.0 Å². The van der Waals surface area contributed by atoms with Crippen LogP contribution in [0, 0.1) is 11.8 Å². The van der Waals surface area contributed by atoms with Gasteiger partial charge in [0.05, 0.1) is 17.8 Å². The standard InChI is InChI=1S/C21H31N5O3/c1-25-6-2-15(3-7-25)11-24-21(28)17-10-18-20(22-12-17)23-13-19(27)26(18)14-16-4-8-29-9-5-16/h10,12,15-16H,2-9,11,13-14H2,1H3,(H,22,23)(H,24,28). The Morgan fingerprint density at radius 1 is 1.24 bits per heavy atom. The number of piperidine rings is 1. The average molecular weight is 402 g/mol. The lowest BCUT2D eigenvalue weighted by Crippen LogP contribution is -2.44. The summed E-state index contributed by atoms with van der Waals surface area (Å²) in [6, 6.07) is 1.80. The molecular weight excluding hydrogens is 370 g/mol. The van der Waals surface area contributed by atoms with Crippen LogP contribution in [0.5, 0.6) is 0 Å². The molecule has 0 bridgehead atoms. The molecule has 29 heavy (non-hydrogen) atoms. The molecule has 0 radical (unpaired) electrons. The number of likely N-dealkylation sites (tertiary alicyclic amines) is 1. The van der Waals surface area contributed by atoms with E-state index in [0.717, 1.165) is 52.0 Å². The molecule has 2 fully saturated rings. The van der Waals surface area contributed by atoms with E-state index in [1.54, 1.807) is 17.2 Å². The Bertz CT molecular complexity index is 742. The highest BCUT2D eigenvalue weighted by Gasteiger charge is 2.29. The summed E-state index contributed by atoms with van der Waals surface area (Å²) in [6.45, 7) is 5.23. The molecule has 0 aromatic carbocycles. The van der Waals surface area contributed by atoms with Gasteiger partial charge in [-0.25, -0.2) is 4.98 Å². The summed E-state index contributed by atoms with van der Waals surface area (Å²) in [5, 5.41) is 6.13. The summed E-state index contributed by atoms with van der Waals surface area (Å²) >= 11 is 0. The molecular formula is C21H31N5O3. The van der Waals surface area contributed by atoms with Crippen molar-refractivity contribution in [3.63, 3.8) is 0 Å². The van der Waals surface area contributed by atoms with Crippen LogP contribution in [0.4, 0.5) is 11.5 Å². The van der Waals surface area contributed by atoms with Crippen molar-refractivity contribution in [1.82, 2.24) is 15.2 Å². The molecule has 8 nitrogen and oxygen atoms in total. The predicted molar refractivity (Wildman–Crippen MR) is 111 cm³/mol. The van der Waals surface area contributed by atoms with Crippen molar-refractivity contribution in [2.45, 2.75) is 25.7 Å². The molecule has 4 rings (SSSR count). The van der Waals surface area contributed by atoms with Crippen molar-refractivity contribution >= 4 is 23.3 Å². The first-order valence-electron chi connectivity index (χ1n) is 10.7. The van der Waals surface area contributed by atoms with Crippen LogP contribution < -0.4 is 15.5 Å². The number of rotatable bonds is 5. The fourth-order valence-corrected chi connectivity index (χ4v) is 4.30. The number of nitrogens with one attached hydrogen (secondary N) is 2. The summed E-state index contributed by atoms with van der Waals surface area (Å²) in [5.74, 6) is 1.51. The summed E-state index contributed by atoms with van der Waals surface area (Å²) in [7, 11) is 2.13. The molecule has 0 unspecified atom stereocenters. The first-order chi connectivity index (χ1) is 14.1. The third-order valence-electron chi connectivity index (χ3n) is 6.30. The number of amides is 2. The Morgan fingerprint density at radius 2 is 2.00 bits per heavy atom. The second-order valence-corrected chi connectivity index (χ2v) is 8.46. The van der Waals surface area contributed by atoms with Crippen molar-refractivity contribution in [3.8, 4) is 0 Å². The van der Waals surface area contributed by atoms with E-state index in [1.165, 1.54) is 0 Å². The maximum Gasteiger partial charge on any atom is 0.252 e. The van der Waals surface area contributed by atoms with Gasteiger partial charge < -0.3 is 25.2 Å². The lowest BCUT2D eigenvalue weighted by molar-refractivity contribution is -0.117. The molecule has 2 saturated heterocycles. The molecule has 2 N–H and O–H groups in total. The minimum Gasteiger partial charge on any atom is -0.381 e. The third kappa shape index (κ3) is 4.87. The van der Waals surface area contributed by atoms with Gasteiger partial charge in [0.15, 0.2) is 0 Å². The van der Waals surface area contributed by atoms with Gasteiger partial charge in [-0.15, -0.1) is 0 Å². The van der Waals surface area contributed by atoms with Crippen molar-refractivity contribution in [3.05, 3.63) is 17.8 Å². The first-order valence-corrected chi connectivity index (χ1v) is 10.7. The average Bonchev–Trinajstić information content (AvgIpc) is 2.75. The summed E-state index contributed by atoms with van der Waals surface area (Å²) in [4.78, 5) is 33.8. The number of ether oxygens (including phenoxy) is 1. The lowest BCUT2D eigenvalue weighted by atomic mass is 9.97. The maximum absolute atomic E-state index is 12.7. The summed E-state index contributed by atoms with van der Waals surface area (Å²) in [5.41, 5.74) is 1.21. The van der Waals surface area contributed by atoms with Crippen LogP contribution in [-0.4, -0.2) is 74.7 Å². The van der Waals surface area contributed by atoms with Crippen molar-refractivity contribution in [2.75, 3.05) is 63.2 Å². The van der Waals surface area contributed by atoms with Crippen LogP contribution in [0.3, 0.4) is 0 Å². The molecule has 0 spiro atoms. The molecule has 0 aliphatic carbocycles. The Morgan fingerprint density at radius 3 is 2.76 bits per heavy atom. The monoisotopic (exact) mass is 401 g/mol. The molecule has 1 aromatic rings. The van der Waals surface area contributed by atoms with Crippen LogP contribution in [0.2, 0.25) is 0 Å². The van der Waals surface area contributed by atoms with Gasteiger partial charge in [0.2, 0.25) is 5.91 Å². The van der Waals surface area contributed by atoms with E-state index in [-0.39, 0.29) is 18.4 Å². The van der Waals surface area contributed by atoms with Crippen LogP contribution >= 0.6 is 0 Å². The Kier molecular flexibility index (Phi) is 6.30. The van der Waals surface area contributed by atoms with Crippen molar-refractivity contribution in [1.29, 1.82) is 0 Å². The normalized spacial score (nSPS) is 21.6. The highest BCUT2D eigenvalue weighted by atomic mass is 16.5. The van der Waals surface area contributed by atoms with E-state index in [2.05, 4.69) is 27.6 Å². The zero-order chi connectivity index (χ0) is 20.2. The fraction of sp³-hybridized carbons (Fsp3) is 0.667. The van der Waals surface area contributed by atoms with E-state index in [0.29, 0.717) is 42.0 Å². The number of hydrogen-bond donors (Lipinski definition) is 2. The van der Waals surface area contributed by atoms with E-state index in [9.17, 15) is 9.59 Å². The Hall–Kier alpha value is -2.19. The minimum atomic E-state index is -0.122. The van der Waals surface area contributed by atoms with Gasteiger partial charge in [-0.1, -0.05) is 0 Å². The summed E-state index contributed by atoms with van der Waals surface area (Å²) < 4.78 is 5.43. The van der Waals surface area contributed by atoms with Gasteiger partial charge >= 0.3 is 0 Å². The molecule has 3 aliphatic heterocycles. The van der Waals surface area contributed by atoms with Crippen molar-refractivity contribution < 1.29 is 14.3 Å². The van der Waals surface area contributed by atoms with Gasteiger partial charge in [-0.3, -0.25) is 9.59 Å². The van der Waals surface area contributed by atoms with E-state index >= 15 is 0 Å². The Balaban J connectivity index is 1.42. The SMILES string of the molecule is CN1CCC(CNC(=O)c2cnc3c(c2)N(CC2CCOCC2)C(=O)CN3)CC1. The maximum atomic E-state index is 12.7. The largest absolute Gasteiger partial charge is 0.381 e. The molecule has 0 atom stereocenters. The molecule has 4 heterocycles. The van der Waals surface area contributed by atoms with Gasteiger partial charge in [0, 0.05) is 32.5 Å². The third-order valence-corrected chi connectivity index (χ3v) is 6.30. The number of carbonyl (C=O) groups is 2. The highest BCUT2D eigenvalue weighted by molar-refractivity contribution is 6.04. The van der Waals surface area contributed by atoms with Gasteiger partial charge in [0.25, 0.3) is 5.91 Å². The molecule has 3 aliphatic rings. The number of carbonyl (C=O) groups excluding carboxylic acids is 2. The summed E-state index contributed by atoms with van der Waals surface area (Å²) in [6.07, 6.45) is 5.72. The van der Waals surface area contributed by atoms with E-state index < -0.39 is 0 Å². The van der Waals surface area contributed by atoms with E-state index in [4.69, 9.17) is 4.74 Å². The topological polar surface area (TPSA) is 86.8 Å².